The molecule has 2 rings (SSSR count). The lowest BCUT2D eigenvalue weighted by Crippen LogP contribution is -2.23. The average Bonchev–Trinajstić information content (AvgIpc) is 2.57. The Hall–Kier alpha value is -1.75. The lowest BCUT2D eigenvalue weighted by molar-refractivity contribution is -0.0497. The molecule has 0 saturated heterocycles. The Labute approximate surface area is 168 Å². The van der Waals surface area contributed by atoms with E-state index in [0.717, 1.165) is 4.31 Å². The molecular formula is C16H14BrClF2N2O4S. The van der Waals surface area contributed by atoms with Gasteiger partial charge in [0.05, 0.1) is 9.92 Å². The molecule has 0 aliphatic rings. The molecule has 146 valence electrons. The number of hydrogen-bond donors (Lipinski definition) is 1. The lowest BCUT2D eigenvalue weighted by Gasteiger charge is -2.14. The maximum absolute atomic E-state index is 12.4. The smallest absolute Gasteiger partial charge is 0.387 e. The van der Waals surface area contributed by atoms with Crippen molar-refractivity contribution in [2.75, 3.05) is 19.4 Å². The number of alkyl halides is 2. The molecule has 2 aromatic carbocycles. The van der Waals surface area contributed by atoms with Crippen LogP contribution in [-0.2, 0) is 10.0 Å². The zero-order valence-electron chi connectivity index (χ0n) is 14.0. The largest absolute Gasteiger partial charge is 0.433 e. The van der Waals surface area contributed by atoms with Gasteiger partial charge in [0.1, 0.15) is 5.75 Å². The van der Waals surface area contributed by atoms with E-state index in [4.69, 9.17) is 11.6 Å². The summed E-state index contributed by atoms with van der Waals surface area (Å²) >= 11 is 9.00. The van der Waals surface area contributed by atoms with Crippen LogP contribution in [0.5, 0.6) is 5.75 Å². The summed E-state index contributed by atoms with van der Waals surface area (Å²) < 4.78 is 54.7. The van der Waals surface area contributed by atoms with Crippen molar-refractivity contribution in [1.82, 2.24) is 4.31 Å². The minimum atomic E-state index is -3.76. The second-order valence-electron chi connectivity index (χ2n) is 5.41. The lowest BCUT2D eigenvalue weighted by atomic mass is 10.2. The Kier molecular flexibility index (Phi) is 6.79. The van der Waals surface area contributed by atoms with Crippen molar-refractivity contribution in [3.8, 4) is 5.75 Å². The second-order valence-corrected chi connectivity index (χ2v) is 8.79. The number of benzene rings is 2. The van der Waals surface area contributed by atoms with Crippen LogP contribution in [-0.4, -0.2) is 39.3 Å². The van der Waals surface area contributed by atoms with Gasteiger partial charge >= 0.3 is 6.61 Å². The van der Waals surface area contributed by atoms with E-state index < -0.39 is 22.5 Å². The predicted octanol–water partition coefficient (Wildman–Crippen LogP) is 4.21. The molecule has 1 amide bonds. The Morgan fingerprint density at radius 1 is 1.22 bits per heavy atom. The number of sulfonamides is 1. The van der Waals surface area contributed by atoms with Gasteiger partial charge < -0.3 is 10.1 Å². The number of nitrogens with zero attached hydrogens (tertiary/aromatic N) is 1. The molecule has 0 saturated carbocycles. The minimum Gasteiger partial charge on any atom is -0.433 e. The fourth-order valence-electron chi connectivity index (χ4n) is 2.01. The number of carbonyl (C=O) groups excluding carboxylic acids is 1. The van der Waals surface area contributed by atoms with E-state index in [1.807, 2.05) is 0 Å². The Morgan fingerprint density at radius 3 is 2.44 bits per heavy atom. The first-order valence-electron chi connectivity index (χ1n) is 7.30. The van der Waals surface area contributed by atoms with Crippen LogP contribution in [0.2, 0.25) is 5.02 Å². The molecule has 11 heteroatoms. The fourth-order valence-corrected chi connectivity index (χ4v) is 4.08. The standard InChI is InChI=1S/C16H14BrClF2N2O4S/c1-22(2)27(24,25)14-7-9(3-5-11(14)17)15(23)21-10-4-6-13(12(18)8-10)26-16(19)20/h3-8,16H,1-2H3,(H,21,23). The minimum absolute atomic E-state index is 0.0705. The van der Waals surface area contributed by atoms with Gasteiger partial charge in [-0.1, -0.05) is 11.6 Å². The maximum Gasteiger partial charge on any atom is 0.387 e. The van der Waals surface area contributed by atoms with E-state index in [2.05, 4.69) is 26.0 Å². The highest BCUT2D eigenvalue weighted by molar-refractivity contribution is 9.10. The van der Waals surface area contributed by atoms with Gasteiger partial charge in [-0.15, -0.1) is 0 Å². The topological polar surface area (TPSA) is 75.7 Å². The predicted molar refractivity (Wildman–Crippen MR) is 101 cm³/mol. The van der Waals surface area contributed by atoms with Gasteiger partial charge in [0.2, 0.25) is 10.0 Å². The summed E-state index contributed by atoms with van der Waals surface area (Å²) in [6, 6.07) is 7.87. The van der Waals surface area contributed by atoms with Crippen molar-refractivity contribution in [2.24, 2.45) is 0 Å². The van der Waals surface area contributed by atoms with Gasteiger partial charge in [-0.3, -0.25) is 4.79 Å². The number of halogens is 4. The molecule has 0 aliphatic heterocycles. The van der Waals surface area contributed by atoms with Crippen LogP contribution in [0, 0.1) is 0 Å². The quantitative estimate of drug-likeness (QED) is 0.668. The Balaban J connectivity index is 2.28. The molecule has 0 spiro atoms. The summed E-state index contributed by atoms with van der Waals surface area (Å²) in [4.78, 5) is 12.3. The number of carbonyl (C=O) groups is 1. The van der Waals surface area contributed by atoms with Crippen molar-refractivity contribution in [1.29, 1.82) is 0 Å². The summed E-state index contributed by atoms with van der Waals surface area (Å²) in [5, 5.41) is 2.41. The summed E-state index contributed by atoms with van der Waals surface area (Å²) in [5.41, 5.74) is 0.314. The number of anilines is 1. The van der Waals surface area contributed by atoms with Gasteiger partial charge in [-0.25, -0.2) is 12.7 Å². The van der Waals surface area contributed by atoms with Crippen molar-refractivity contribution in [2.45, 2.75) is 11.5 Å². The average molecular weight is 484 g/mol. The normalized spacial score (nSPS) is 11.7. The molecule has 27 heavy (non-hydrogen) atoms. The van der Waals surface area contributed by atoms with E-state index in [0.29, 0.717) is 4.47 Å². The second kappa shape index (κ2) is 8.51. The Morgan fingerprint density at radius 2 is 1.89 bits per heavy atom. The highest BCUT2D eigenvalue weighted by Crippen LogP contribution is 2.30. The van der Waals surface area contributed by atoms with Gasteiger partial charge in [0, 0.05) is 29.8 Å². The van der Waals surface area contributed by atoms with Crippen LogP contribution in [0.1, 0.15) is 10.4 Å². The highest BCUT2D eigenvalue weighted by atomic mass is 79.9. The van der Waals surface area contributed by atoms with Crippen molar-refractivity contribution >= 4 is 49.1 Å². The van der Waals surface area contributed by atoms with Crippen LogP contribution in [0.3, 0.4) is 0 Å². The third kappa shape index (κ3) is 5.16. The van der Waals surface area contributed by atoms with Crippen LogP contribution < -0.4 is 10.1 Å². The SMILES string of the molecule is CN(C)S(=O)(=O)c1cc(C(=O)Nc2ccc(OC(F)F)c(Cl)c2)ccc1Br. The van der Waals surface area contributed by atoms with Gasteiger partial charge in [0.15, 0.2) is 0 Å². The Bertz CT molecular complexity index is 971. The fraction of sp³-hybridized carbons (Fsp3) is 0.188. The molecule has 2 aromatic rings. The number of ether oxygens (including phenoxy) is 1. The summed E-state index contributed by atoms with van der Waals surface area (Å²) in [7, 11) is -1.01. The molecular weight excluding hydrogens is 470 g/mol. The van der Waals surface area contributed by atoms with Gasteiger partial charge in [-0.2, -0.15) is 8.78 Å². The molecule has 0 aliphatic carbocycles. The molecule has 0 radical (unpaired) electrons. The van der Waals surface area contributed by atoms with E-state index >= 15 is 0 Å². The number of amides is 1. The molecule has 0 unspecified atom stereocenters. The molecule has 0 heterocycles. The van der Waals surface area contributed by atoms with Gasteiger partial charge in [0.25, 0.3) is 5.91 Å². The molecule has 6 nitrogen and oxygen atoms in total. The number of hydrogen-bond acceptors (Lipinski definition) is 4. The summed E-state index contributed by atoms with van der Waals surface area (Å²) in [6.45, 7) is -3.03. The van der Waals surface area contributed by atoms with Crippen LogP contribution in [0.15, 0.2) is 45.8 Å². The van der Waals surface area contributed by atoms with E-state index in [-0.39, 0.29) is 26.9 Å². The first-order valence-corrected chi connectivity index (χ1v) is 9.91. The van der Waals surface area contributed by atoms with Crippen molar-refractivity contribution in [3.63, 3.8) is 0 Å². The molecule has 0 fully saturated rings. The number of rotatable bonds is 6. The number of nitrogens with one attached hydrogen (secondary N) is 1. The molecule has 0 bridgehead atoms. The highest BCUT2D eigenvalue weighted by Gasteiger charge is 2.22. The molecule has 0 atom stereocenters. The summed E-state index contributed by atoms with van der Waals surface area (Å²) in [5.74, 6) is -0.830. The van der Waals surface area contributed by atoms with E-state index in [1.54, 1.807) is 0 Å². The monoisotopic (exact) mass is 482 g/mol. The van der Waals surface area contributed by atoms with Crippen molar-refractivity contribution < 1.29 is 26.7 Å². The molecule has 0 aromatic heterocycles. The zero-order chi connectivity index (χ0) is 20.4. The van der Waals surface area contributed by atoms with E-state index in [9.17, 15) is 22.0 Å². The molecule has 1 N–H and O–H groups in total. The van der Waals surface area contributed by atoms with Crippen LogP contribution in [0.4, 0.5) is 14.5 Å². The summed E-state index contributed by atoms with van der Waals surface area (Å²) in [6.07, 6.45) is 0. The zero-order valence-corrected chi connectivity index (χ0v) is 17.2. The van der Waals surface area contributed by atoms with Crippen LogP contribution >= 0.6 is 27.5 Å². The van der Waals surface area contributed by atoms with Crippen LogP contribution in [0.25, 0.3) is 0 Å². The first-order chi connectivity index (χ1) is 12.5. The van der Waals surface area contributed by atoms with Gasteiger partial charge in [-0.05, 0) is 52.3 Å². The first kappa shape index (κ1) is 21.5. The third-order valence-corrected chi connectivity index (χ3v) is 6.46. The van der Waals surface area contributed by atoms with E-state index in [1.165, 1.54) is 50.5 Å². The maximum atomic E-state index is 12.4. The van der Waals surface area contributed by atoms with Crippen molar-refractivity contribution in [3.05, 3.63) is 51.5 Å². The third-order valence-electron chi connectivity index (χ3n) is 3.36.